The first kappa shape index (κ1) is 9.65. The van der Waals surface area contributed by atoms with E-state index < -0.39 is 0 Å². The van der Waals surface area contributed by atoms with Crippen molar-refractivity contribution >= 4 is 21.6 Å². The van der Waals surface area contributed by atoms with Gasteiger partial charge in [0, 0.05) is 16.6 Å². The van der Waals surface area contributed by atoms with Gasteiger partial charge < -0.3 is 0 Å². The number of halogens is 1. The summed E-state index contributed by atoms with van der Waals surface area (Å²) in [6, 6.07) is 5.02. The third-order valence-corrected chi connectivity index (χ3v) is 3.39. The molecular formula is C10H10BrNO2. The molecule has 0 saturated heterocycles. The second-order valence-electron chi connectivity index (χ2n) is 3.78. The number of non-ortho nitro benzene ring substituents is 1. The van der Waals surface area contributed by atoms with Gasteiger partial charge in [-0.1, -0.05) is 28.9 Å². The standard InChI is InChI=1S/C10H10BrNO2/c1-6-4-9(6)8-3-2-7(12(13)14)5-10(8)11/h2-3,5-6,9H,4H2,1H3/t6-,9-/m1/s1. The molecule has 0 N–H and O–H groups in total. The summed E-state index contributed by atoms with van der Waals surface area (Å²) in [7, 11) is 0. The van der Waals surface area contributed by atoms with Gasteiger partial charge in [-0.25, -0.2) is 0 Å². The zero-order valence-corrected chi connectivity index (χ0v) is 9.32. The van der Waals surface area contributed by atoms with Crippen molar-refractivity contribution in [1.82, 2.24) is 0 Å². The van der Waals surface area contributed by atoms with E-state index in [1.54, 1.807) is 12.1 Å². The average molecular weight is 256 g/mol. The lowest BCUT2D eigenvalue weighted by Gasteiger charge is -2.01. The fraction of sp³-hybridized carbons (Fsp3) is 0.400. The van der Waals surface area contributed by atoms with Crippen molar-refractivity contribution in [3.8, 4) is 0 Å². The molecule has 2 rings (SSSR count). The summed E-state index contributed by atoms with van der Waals surface area (Å²) in [6.45, 7) is 2.19. The third kappa shape index (κ3) is 1.66. The maximum absolute atomic E-state index is 10.5. The first-order valence-electron chi connectivity index (χ1n) is 4.53. The largest absolute Gasteiger partial charge is 0.270 e. The van der Waals surface area contributed by atoms with Crippen molar-refractivity contribution < 1.29 is 4.92 Å². The normalized spacial score (nSPS) is 24.7. The molecule has 0 unspecified atom stereocenters. The molecule has 0 amide bonds. The van der Waals surface area contributed by atoms with Crippen molar-refractivity contribution in [2.24, 2.45) is 5.92 Å². The Bertz CT molecular complexity index is 392. The molecular weight excluding hydrogens is 246 g/mol. The molecule has 1 aromatic carbocycles. The number of hydrogen-bond donors (Lipinski definition) is 0. The number of hydrogen-bond acceptors (Lipinski definition) is 2. The Morgan fingerprint density at radius 2 is 2.21 bits per heavy atom. The first-order valence-corrected chi connectivity index (χ1v) is 5.32. The summed E-state index contributed by atoms with van der Waals surface area (Å²) in [5.41, 5.74) is 1.34. The van der Waals surface area contributed by atoms with E-state index in [1.165, 1.54) is 12.0 Å². The van der Waals surface area contributed by atoms with E-state index >= 15 is 0 Å². The van der Waals surface area contributed by atoms with Crippen molar-refractivity contribution in [2.45, 2.75) is 19.3 Å². The molecule has 1 aliphatic rings. The van der Waals surface area contributed by atoms with Gasteiger partial charge in [0.25, 0.3) is 5.69 Å². The van der Waals surface area contributed by atoms with Crippen LogP contribution in [-0.4, -0.2) is 4.92 Å². The van der Waals surface area contributed by atoms with Gasteiger partial charge in [0.15, 0.2) is 0 Å². The van der Waals surface area contributed by atoms with Crippen LogP contribution in [0.3, 0.4) is 0 Å². The van der Waals surface area contributed by atoms with Crippen molar-refractivity contribution in [2.75, 3.05) is 0 Å². The molecule has 0 radical (unpaired) electrons. The molecule has 1 fully saturated rings. The van der Waals surface area contributed by atoms with E-state index in [1.807, 2.05) is 6.07 Å². The van der Waals surface area contributed by atoms with Crippen LogP contribution in [0.5, 0.6) is 0 Å². The summed E-state index contributed by atoms with van der Waals surface area (Å²) in [5, 5.41) is 10.5. The van der Waals surface area contributed by atoms with Crippen LogP contribution in [0.25, 0.3) is 0 Å². The zero-order chi connectivity index (χ0) is 10.3. The summed E-state index contributed by atoms with van der Waals surface area (Å²) >= 11 is 3.38. The van der Waals surface area contributed by atoms with Crippen LogP contribution in [0.1, 0.15) is 24.8 Å². The predicted molar refractivity (Wildman–Crippen MR) is 57.3 cm³/mol. The summed E-state index contributed by atoms with van der Waals surface area (Å²) in [6.07, 6.45) is 1.19. The van der Waals surface area contributed by atoms with Crippen molar-refractivity contribution in [3.05, 3.63) is 38.3 Å². The molecule has 1 saturated carbocycles. The van der Waals surface area contributed by atoms with Gasteiger partial charge in [0.2, 0.25) is 0 Å². The Labute approximate surface area is 90.4 Å². The van der Waals surface area contributed by atoms with Crippen LogP contribution in [0.4, 0.5) is 5.69 Å². The summed E-state index contributed by atoms with van der Waals surface area (Å²) < 4.78 is 0.862. The smallest absolute Gasteiger partial charge is 0.258 e. The average Bonchev–Trinajstić information content (AvgIpc) is 2.82. The number of nitro benzene ring substituents is 1. The molecule has 14 heavy (non-hydrogen) atoms. The van der Waals surface area contributed by atoms with Crippen LogP contribution in [0.2, 0.25) is 0 Å². The Morgan fingerprint density at radius 1 is 1.57 bits per heavy atom. The van der Waals surface area contributed by atoms with E-state index in [2.05, 4.69) is 22.9 Å². The Balaban J connectivity index is 2.32. The van der Waals surface area contributed by atoms with Gasteiger partial charge in [-0.2, -0.15) is 0 Å². The quantitative estimate of drug-likeness (QED) is 0.600. The highest BCUT2D eigenvalue weighted by atomic mass is 79.9. The fourth-order valence-electron chi connectivity index (χ4n) is 1.69. The monoisotopic (exact) mass is 255 g/mol. The van der Waals surface area contributed by atoms with Crippen LogP contribution < -0.4 is 0 Å². The molecule has 0 aromatic heterocycles. The maximum Gasteiger partial charge on any atom is 0.270 e. The first-order chi connectivity index (χ1) is 6.59. The van der Waals surface area contributed by atoms with Crippen LogP contribution in [0.15, 0.2) is 22.7 Å². The van der Waals surface area contributed by atoms with E-state index in [0.717, 1.165) is 4.47 Å². The molecule has 1 aliphatic carbocycles. The minimum Gasteiger partial charge on any atom is -0.258 e. The minimum atomic E-state index is -0.370. The Kier molecular flexibility index (Phi) is 2.31. The third-order valence-electron chi connectivity index (χ3n) is 2.70. The van der Waals surface area contributed by atoms with Gasteiger partial charge in [-0.3, -0.25) is 10.1 Å². The van der Waals surface area contributed by atoms with E-state index in [4.69, 9.17) is 0 Å². The number of benzene rings is 1. The SMILES string of the molecule is C[C@@H]1C[C@H]1c1ccc([N+](=O)[O-])cc1Br. The Hall–Kier alpha value is -0.900. The van der Waals surface area contributed by atoms with E-state index in [-0.39, 0.29) is 10.6 Å². The summed E-state index contributed by atoms with van der Waals surface area (Å²) in [5.74, 6) is 1.30. The highest BCUT2D eigenvalue weighted by Gasteiger charge is 2.35. The molecule has 0 aliphatic heterocycles. The molecule has 74 valence electrons. The molecule has 4 heteroatoms. The molecule has 2 atom stereocenters. The van der Waals surface area contributed by atoms with Gasteiger partial charge in [0.1, 0.15) is 0 Å². The fourth-order valence-corrected chi connectivity index (χ4v) is 2.35. The molecule has 0 heterocycles. The highest BCUT2D eigenvalue weighted by Crippen LogP contribution is 2.49. The van der Waals surface area contributed by atoms with Crippen LogP contribution >= 0.6 is 15.9 Å². The predicted octanol–water partition coefficient (Wildman–Crippen LogP) is 3.48. The van der Waals surface area contributed by atoms with Gasteiger partial charge in [0.05, 0.1) is 4.92 Å². The minimum absolute atomic E-state index is 0.147. The molecule has 3 nitrogen and oxygen atoms in total. The van der Waals surface area contributed by atoms with E-state index in [0.29, 0.717) is 11.8 Å². The molecule has 0 bridgehead atoms. The number of nitrogens with zero attached hydrogens (tertiary/aromatic N) is 1. The topological polar surface area (TPSA) is 43.1 Å². The second kappa shape index (κ2) is 3.35. The van der Waals surface area contributed by atoms with Gasteiger partial charge >= 0.3 is 0 Å². The second-order valence-corrected chi connectivity index (χ2v) is 4.64. The maximum atomic E-state index is 10.5. The highest BCUT2D eigenvalue weighted by molar-refractivity contribution is 9.10. The Morgan fingerprint density at radius 3 is 2.64 bits per heavy atom. The molecule has 1 aromatic rings. The van der Waals surface area contributed by atoms with Crippen LogP contribution in [0, 0.1) is 16.0 Å². The number of nitro groups is 1. The summed E-state index contributed by atoms with van der Waals surface area (Å²) in [4.78, 5) is 10.1. The number of rotatable bonds is 2. The van der Waals surface area contributed by atoms with Gasteiger partial charge in [-0.05, 0) is 23.8 Å². The van der Waals surface area contributed by atoms with Crippen molar-refractivity contribution in [3.63, 3.8) is 0 Å². The lowest BCUT2D eigenvalue weighted by atomic mass is 10.1. The molecule has 0 spiro atoms. The lowest BCUT2D eigenvalue weighted by molar-refractivity contribution is -0.384. The van der Waals surface area contributed by atoms with Crippen LogP contribution in [-0.2, 0) is 0 Å². The van der Waals surface area contributed by atoms with Gasteiger partial charge in [-0.15, -0.1) is 0 Å². The van der Waals surface area contributed by atoms with E-state index in [9.17, 15) is 10.1 Å². The van der Waals surface area contributed by atoms with Crippen molar-refractivity contribution in [1.29, 1.82) is 0 Å². The zero-order valence-electron chi connectivity index (χ0n) is 7.74. The lowest BCUT2D eigenvalue weighted by Crippen LogP contribution is -1.90.